The molecule has 3 heteroatoms. The fourth-order valence-corrected chi connectivity index (χ4v) is 2.02. The van der Waals surface area contributed by atoms with Crippen LogP contribution in [0.4, 0.5) is 0 Å². The molecule has 1 aliphatic rings. The third-order valence-corrected chi connectivity index (χ3v) is 3.10. The molecule has 0 aliphatic carbocycles. The zero-order chi connectivity index (χ0) is 11.4. The molecule has 0 atom stereocenters. The molecule has 2 rings (SSSR count). The van der Waals surface area contributed by atoms with Crippen molar-refractivity contribution < 1.29 is 5.21 Å². The number of nitrogens with zero attached hydrogens (tertiary/aromatic N) is 2. The van der Waals surface area contributed by atoms with E-state index >= 15 is 0 Å². The summed E-state index contributed by atoms with van der Waals surface area (Å²) in [5, 5.41) is 12.0. The van der Waals surface area contributed by atoms with Gasteiger partial charge in [-0.05, 0) is 12.5 Å². The van der Waals surface area contributed by atoms with Gasteiger partial charge in [-0.2, -0.15) is 0 Å². The van der Waals surface area contributed by atoms with E-state index in [0.717, 1.165) is 38.2 Å². The van der Waals surface area contributed by atoms with Crippen molar-refractivity contribution in [3.63, 3.8) is 0 Å². The third-order valence-electron chi connectivity index (χ3n) is 3.10. The number of piperidine rings is 1. The van der Waals surface area contributed by atoms with Crippen molar-refractivity contribution in [1.29, 1.82) is 0 Å². The van der Waals surface area contributed by atoms with Gasteiger partial charge < -0.3 is 5.21 Å². The van der Waals surface area contributed by atoms with Crippen LogP contribution < -0.4 is 0 Å². The predicted octanol–water partition coefficient (Wildman–Crippen LogP) is 2.42. The van der Waals surface area contributed by atoms with Crippen LogP contribution in [0.3, 0.4) is 0 Å². The molecule has 0 bridgehead atoms. The van der Waals surface area contributed by atoms with E-state index in [-0.39, 0.29) is 0 Å². The predicted molar refractivity (Wildman–Crippen MR) is 64.9 cm³/mol. The molecule has 1 heterocycles. The average molecular weight is 218 g/mol. The van der Waals surface area contributed by atoms with Crippen LogP contribution in [0.2, 0.25) is 0 Å². The third kappa shape index (κ3) is 2.83. The average Bonchev–Trinajstić information content (AvgIpc) is 2.33. The van der Waals surface area contributed by atoms with Gasteiger partial charge in [0, 0.05) is 32.5 Å². The first-order valence-electron chi connectivity index (χ1n) is 5.75. The van der Waals surface area contributed by atoms with E-state index in [1.54, 1.807) is 0 Å². The van der Waals surface area contributed by atoms with Crippen LogP contribution in [0.15, 0.2) is 29.4 Å². The van der Waals surface area contributed by atoms with Gasteiger partial charge in [-0.25, -0.2) is 0 Å². The van der Waals surface area contributed by atoms with E-state index in [9.17, 15) is 0 Å². The summed E-state index contributed by atoms with van der Waals surface area (Å²) >= 11 is 0. The van der Waals surface area contributed by atoms with Crippen molar-refractivity contribution >= 4 is 5.71 Å². The Hall–Kier alpha value is -1.35. The number of hydrogen-bond donors (Lipinski definition) is 1. The topological polar surface area (TPSA) is 35.8 Å². The molecule has 1 aromatic rings. The standard InChI is InChI=1S/C13H18N2O/c1-11-2-4-12(5-3-11)10-15-8-6-13(14-16)7-9-15/h2-5,16H,6-10H2,1H3. The Morgan fingerprint density at radius 1 is 1.19 bits per heavy atom. The summed E-state index contributed by atoms with van der Waals surface area (Å²) in [6.45, 7) is 5.09. The van der Waals surface area contributed by atoms with Gasteiger partial charge in [-0.1, -0.05) is 35.0 Å². The minimum absolute atomic E-state index is 0.891. The lowest BCUT2D eigenvalue weighted by Gasteiger charge is -2.26. The van der Waals surface area contributed by atoms with Crippen molar-refractivity contribution in [3.05, 3.63) is 35.4 Å². The van der Waals surface area contributed by atoms with Gasteiger partial charge in [0.15, 0.2) is 0 Å². The number of benzene rings is 1. The molecule has 86 valence electrons. The Morgan fingerprint density at radius 3 is 2.38 bits per heavy atom. The number of oxime groups is 1. The summed E-state index contributed by atoms with van der Waals surface area (Å²) in [4.78, 5) is 2.40. The molecule has 1 fully saturated rings. The first-order chi connectivity index (χ1) is 7.78. The van der Waals surface area contributed by atoms with E-state index < -0.39 is 0 Å². The van der Waals surface area contributed by atoms with Crippen LogP contribution in [-0.2, 0) is 6.54 Å². The van der Waals surface area contributed by atoms with Crippen molar-refractivity contribution in [3.8, 4) is 0 Å². The van der Waals surface area contributed by atoms with E-state index in [0.29, 0.717) is 0 Å². The molecular formula is C13H18N2O. The summed E-state index contributed by atoms with van der Waals surface area (Å²) in [7, 11) is 0. The maximum Gasteiger partial charge on any atom is 0.0596 e. The van der Waals surface area contributed by atoms with Crippen LogP contribution >= 0.6 is 0 Å². The second kappa shape index (κ2) is 5.12. The minimum atomic E-state index is 0.891. The fourth-order valence-electron chi connectivity index (χ4n) is 2.02. The molecule has 1 saturated heterocycles. The van der Waals surface area contributed by atoms with Crippen molar-refractivity contribution in [1.82, 2.24) is 4.90 Å². The largest absolute Gasteiger partial charge is 0.411 e. The number of likely N-dealkylation sites (tertiary alicyclic amines) is 1. The molecule has 0 radical (unpaired) electrons. The van der Waals surface area contributed by atoms with E-state index in [2.05, 4.69) is 41.2 Å². The Kier molecular flexibility index (Phi) is 3.57. The smallest absolute Gasteiger partial charge is 0.0596 e. The van der Waals surface area contributed by atoms with E-state index in [1.807, 2.05) is 0 Å². The maximum absolute atomic E-state index is 8.67. The van der Waals surface area contributed by atoms with Crippen LogP contribution in [0.25, 0.3) is 0 Å². The van der Waals surface area contributed by atoms with E-state index in [1.165, 1.54) is 11.1 Å². The minimum Gasteiger partial charge on any atom is -0.411 e. The number of hydrogen-bond acceptors (Lipinski definition) is 3. The van der Waals surface area contributed by atoms with Crippen LogP contribution in [-0.4, -0.2) is 28.9 Å². The van der Waals surface area contributed by atoms with Crippen molar-refractivity contribution in [2.24, 2.45) is 5.16 Å². The molecule has 1 aliphatic heterocycles. The lowest BCUT2D eigenvalue weighted by atomic mass is 10.1. The zero-order valence-electron chi connectivity index (χ0n) is 9.69. The molecule has 1 N–H and O–H groups in total. The van der Waals surface area contributed by atoms with Crippen LogP contribution in [0.1, 0.15) is 24.0 Å². The van der Waals surface area contributed by atoms with Gasteiger partial charge in [0.1, 0.15) is 0 Å². The molecule has 0 aromatic heterocycles. The van der Waals surface area contributed by atoms with Gasteiger partial charge in [-0.3, -0.25) is 4.90 Å². The van der Waals surface area contributed by atoms with Gasteiger partial charge >= 0.3 is 0 Å². The van der Waals surface area contributed by atoms with Crippen LogP contribution in [0, 0.1) is 6.92 Å². The Bertz CT molecular complexity index is 360. The second-order valence-electron chi connectivity index (χ2n) is 4.43. The summed E-state index contributed by atoms with van der Waals surface area (Å²) in [5.74, 6) is 0. The van der Waals surface area contributed by atoms with Crippen molar-refractivity contribution in [2.45, 2.75) is 26.3 Å². The first kappa shape index (κ1) is 11.1. The molecule has 0 amide bonds. The summed E-state index contributed by atoms with van der Waals surface area (Å²) in [5.41, 5.74) is 3.59. The number of aryl methyl sites for hydroxylation is 1. The summed E-state index contributed by atoms with van der Waals surface area (Å²) in [6.07, 6.45) is 1.78. The molecule has 0 unspecified atom stereocenters. The quantitative estimate of drug-likeness (QED) is 0.611. The summed E-state index contributed by atoms with van der Waals surface area (Å²) < 4.78 is 0. The van der Waals surface area contributed by atoms with Gasteiger partial charge in [0.05, 0.1) is 5.71 Å². The Balaban J connectivity index is 1.89. The number of rotatable bonds is 2. The van der Waals surface area contributed by atoms with Gasteiger partial charge in [-0.15, -0.1) is 0 Å². The molecule has 1 aromatic carbocycles. The highest BCUT2D eigenvalue weighted by molar-refractivity contribution is 5.84. The summed E-state index contributed by atoms with van der Waals surface area (Å²) in [6, 6.07) is 8.68. The van der Waals surface area contributed by atoms with Gasteiger partial charge in [0.2, 0.25) is 0 Å². The molecular weight excluding hydrogens is 200 g/mol. The molecule has 16 heavy (non-hydrogen) atoms. The Morgan fingerprint density at radius 2 is 1.81 bits per heavy atom. The fraction of sp³-hybridized carbons (Fsp3) is 0.462. The second-order valence-corrected chi connectivity index (χ2v) is 4.43. The lowest BCUT2D eigenvalue weighted by molar-refractivity contribution is 0.256. The molecule has 0 spiro atoms. The maximum atomic E-state index is 8.67. The zero-order valence-corrected chi connectivity index (χ0v) is 9.69. The van der Waals surface area contributed by atoms with E-state index in [4.69, 9.17) is 5.21 Å². The SMILES string of the molecule is Cc1ccc(CN2CCC(=NO)CC2)cc1. The molecule has 0 saturated carbocycles. The molecule has 3 nitrogen and oxygen atoms in total. The highest BCUT2D eigenvalue weighted by Gasteiger charge is 2.15. The first-order valence-corrected chi connectivity index (χ1v) is 5.75. The Labute approximate surface area is 96.4 Å². The van der Waals surface area contributed by atoms with Gasteiger partial charge in [0.25, 0.3) is 0 Å². The highest BCUT2D eigenvalue weighted by atomic mass is 16.4. The normalized spacial score (nSPS) is 17.4. The highest BCUT2D eigenvalue weighted by Crippen LogP contribution is 2.12. The lowest BCUT2D eigenvalue weighted by Crippen LogP contribution is -2.33. The monoisotopic (exact) mass is 218 g/mol. The van der Waals surface area contributed by atoms with Crippen LogP contribution in [0.5, 0.6) is 0 Å². The van der Waals surface area contributed by atoms with Crippen molar-refractivity contribution in [2.75, 3.05) is 13.1 Å².